The van der Waals surface area contributed by atoms with Gasteiger partial charge in [0.25, 0.3) is 10.0 Å². The highest BCUT2D eigenvalue weighted by molar-refractivity contribution is 7.89. The lowest BCUT2D eigenvalue weighted by molar-refractivity contribution is 0.160. The summed E-state index contributed by atoms with van der Waals surface area (Å²) in [5.74, 6) is 0.347. The zero-order valence-corrected chi connectivity index (χ0v) is 17.0. The summed E-state index contributed by atoms with van der Waals surface area (Å²) in [6.45, 7) is 6.01. The van der Waals surface area contributed by atoms with Crippen molar-refractivity contribution in [3.8, 4) is 0 Å². The van der Waals surface area contributed by atoms with Crippen LogP contribution in [-0.4, -0.2) is 24.9 Å². The van der Waals surface area contributed by atoms with Crippen molar-refractivity contribution in [3.63, 3.8) is 0 Å². The minimum atomic E-state index is -3.70. The third kappa shape index (κ3) is 6.55. The Morgan fingerprint density at radius 2 is 1.67 bits per heavy atom. The lowest BCUT2D eigenvalue weighted by atomic mass is 10.1. The summed E-state index contributed by atoms with van der Waals surface area (Å²) in [4.78, 5) is 2.77. The topological polar surface area (TPSA) is 96.9 Å². The smallest absolute Gasteiger partial charge is 0.223 e. The zero-order valence-electron chi connectivity index (χ0n) is 15.3. The molecular weight excluding hydrogens is 386 g/mol. The van der Waals surface area contributed by atoms with Crippen LogP contribution in [0.25, 0.3) is 0 Å². The number of hydroxylamine groups is 1. The van der Waals surface area contributed by atoms with Gasteiger partial charge >= 0.3 is 0 Å². The summed E-state index contributed by atoms with van der Waals surface area (Å²) in [5.41, 5.74) is 3.41. The molecule has 0 heterocycles. The SMILES string of the molecule is CC(C)C(C)NOS(=O)c1ccc(/C=N/NS(=O)(=O)c2ccccc2)cc1. The molecule has 2 aromatic rings. The van der Waals surface area contributed by atoms with Crippen LogP contribution in [0.2, 0.25) is 0 Å². The highest BCUT2D eigenvalue weighted by Gasteiger charge is 2.12. The molecule has 0 aromatic heterocycles. The lowest BCUT2D eigenvalue weighted by Crippen LogP contribution is -2.31. The van der Waals surface area contributed by atoms with Gasteiger partial charge in [-0.15, -0.1) is 0 Å². The van der Waals surface area contributed by atoms with Gasteiger partial charge in [0.15, 0.2) is 0 Å². The maximum atomic E-state index is 12.1. The fourth-order valence-corrected chi connectivity index (χ4v) is 3.30. The highest BCUT2D eigenvalue weighted by atomic mass is 32.2. The second-order valence-corrected chi connectivity index (χ2v) is 8.97. The summed E-state index contributed by atoms with van der Waals surface area (Å²) >= 11 is -1.64. The second-order valence-electron chi connectivity index (χ2n) is 6.20. The average molecular weight is 410 g/mol. The Bertz CT molecular complexity index is 883. The average Bonchev–Trinajstić information content (AvgIpc) is 2.66. The first kappa shape index (κ1) is 21.2. The molecule has 0 aliphatic carbocycles. The minimum Gasteiger partial charge on any atom is -0.223 e. The second kappa shape index (κ2) is 9.75. The molecule has 2 aromatic carbocycles. The van der Waals surface area contributed by atoms with E-state index in [2.05, 4.69) is 15.4 Å². The van der Waals surface area contributed by atoms with Crippen molar-refractivity contribution in [2.75, 3.05) is 0 Å². The number of hydrogen-bond donors (Lipinski definition) is 2. The fourth-order valence-electron chi connectivity index (χ4n) is 1.79. The van der Waals surface area contributed by atoms with Crippen LogP contribution in [0.4, 0.5) is 0 Å². The van der Waals surface area contributed by atoms with Gasteiger partial charge in [-0.25, -0.2) is 9.04 Å². The Morgan fingerprint density at radius 1 is 1.04 bits per heavy atom. The molecule has 2 atom stereocenters. The van der Waals surface area contributed by atoms with E-state index in [9.17, 15) is 12.6 Å². The molecule has 0 bridgehead atoms. The molecule has 0 radical (unpaired) electrons. The van der Waals surface area contributed by atoms with Crippen molar-refractivity contribution in [2.45, 2.75) is 36.6 Å². The van der Waals surface area contributed by atoms with Gasteiger partial charge in [0.05, 0.1) is 16.0 Å². The molecule has 0 spiro atoms. The number of rotatable bonds is 9. The number of benzene rings is 2. The molecule has 0 amide bonds. The van der Waals surface area contributed by atoms with E-state index in [0.717, 1.165) is 0 Å². The molecule has 7 nitrogen and oxygen atoms in total. The van der Waals surface area contributed by atoms with Crippen molar-refractivity contribution in [2.24, 2.45) is 11.0 Å². The molecule has 0 fully saturated rings. The molecule has 146 valence electrons. The molecule has 9 heteroatoms. The Balaban J connectivity index is 1.93. The van der Waals surface area contributed by atoms with Crippen LogP contribution in [-0.2, 0) is 25.4 Å². The van der Waals surface area contributed by atoms with Gasteiger partial charge < -0.3 is 0 Å². The van der Waals surface area contributed by atoms with E-state index in [0.29, 0.717) is 16.4 Å². The molecule has 2 rings (SSSR count). The van der Waals surface area contributed by atoms with Gasteiger partial charge in [-0.05, 0) is 42.7 Å². The van der Waals surface area contributed by atoms with E-state index in [1.54, 1.807) is 42.5 Å². The molecule has 0 aliphatic rings. The van der Waals surface area contributed by atoms with Gasteiger partial charge in [0, 0.05) is 6.04 Å². The largest absolute Gasteiger partial charge is 0.276 e. The normalized spacial score (nSPS) is 14.4. The highest BCUT2D eigenvalue weighted by Crippen LogP contribution is 2.10. The maximum Gasteiger partial charge on any atom is 0.276 e. The Labute approximate surface area is 162 Å². The van der Waals surface area contributed by atoms with Gasteiger partial charge in [0.1, 0.15) is 0 Å². The number of sulfonamides is 1. The summed E-state index contributed by atoms with van der Waals surface area (Å²) < 4.78 is 41.4. The molecular formula is C18H23N3O4S2. The predicted molar refractivity (Wildman–Crippen MR) is 106 cm³/mol. The molecule has 2 N–H and O–H groups in total. The van der Waals surface area contributed by atoms with E-state index in [-0.39, 0.29) is 10.9 Å². The summed E-state index contributed by atoms with van der Waals surface area (Å²) in [5, 5.41) is 3.76. The van der Waals surface area contributed by atoms with Crippen molar-refractivity contribution in [1.82, 2.24) is 10.3 Å². The van der Waals surface area contributed by atoms with E-state index in [1.807, 2.05) is 20.8 Å². The van der Waals surface area contributed by atoms with E-state index < -0.39 is 21.1 Å². The fraction of sp³-hybridized carbons (Fsp3) is 0.278. The molecule has 0 saturated carbocycles. The Hall–Kier alpha value is -2.07. The molecule has 27 heavy (non-hydrogen) atoms. The maximum absolute atomic E-state index is 12.1. The zero-order chi connectivity index (χ0) is 19.9. The van der Waals surface area contributed by atoms with E-state index >= 15 is 0 Å². The third-order valence-electron chi connectivity index (χ3n) is 3.82. The summed E-state index contributed by atoms with van der Waals surface area (Å²) in [6.07, 6.45) is 1.37. The van der Waals surface area contributed by atoms with E-state index in [1.165, 1.54) is 18.3 Å². The van der Waals surface area contributed by atoms with Gasteiger partial charge in [-0.3, -0.25) is 0 Å². The lowest BCUT2D eigenvalue weighted by Gasteiger charge is -2.15. The van der Waals surface area contributed by atoms with Gasteiger partial charge in [-0.2, -0.15) is 23.3 Å². The van der Waals surface area contributed by atoms with Crippen LogP contribution >= 0.6 is 0 Å². The Kier molecular flexibility index (Phi) is 7.66. The monoisotopic (exact) mass is 409 g/mol. The van der Waals surface area contributed by atoms with E-state index in [4.69, 9.17) is 4.28 Å². The number of nitrogens with zero attached hydrogens (tertiary/aromatic N) is 1. The summed E-state index contributed by atoms with van der Waals surface area (Å²) in [6, 6.07) is 14.6. The first-order chi connectivity index (χ1) is 12.8. The van der Waals surface area contributed by atoms with Crippen LogP contribution in [0.1, 0.15) is 26.3 Å². The van der Waals surface area contributed by atoms with Crippen molar-refractivity contribution < 1.29 is 16.9 Å². The van der Waals surface area contributed by atoms with Gasteiger partial charge in [0.2, 0.25) is 11.1 Å². The van der Waals surface area contributed by atoms with Crippen LogP contribution in [0.5, 0.6) is 0 Å². The Morgan fingerprint density at radius 3 is 2.26 bits per heavy atom. The summed E-state index contributed by atoms with van der Waals surface area (Å²) in [7, 11) is -3.70. The predicted octanol–water partition coefficient (Wildman–Crippen LogP) is 2.59. The van der Waals surface area contributed by atoms with Crippen molar-refractivity contribution >= 4 is 27.3 Å². The number of hydrazone groups is 1. The standard InChI is InChI=1S/C18H23N3O4S2/c1-14(2)15(3)20-25-26(22)17-11-9-16(10-12-17)13-19-21-27(23,24)18-7-5-4-6-8-18/h4-15,20-21H,1-3H3/b19-13+. The first-order valence-corrected chi connectivity index (χ1v) is 10.9. The van der Waals surface area contributed by atoms with Crippen LogP contribution in [0, 0.1) is 5.92 Å². The van der Waals surface area contributed by atoms with Gasteiger partial charge in [-0.1, -0.05) is 44.2 Å². The molecule has 0 aliphatic heterocycles. The van der Waals surface area contributed by atoms with Crippen molar-refractivity contribution in [1.29, 1.82) is 0 Å². The number of hydrogen-bond acceptors (Lipinski definition) is 6. The van der Waals surface area contributed by atoms with Crippen LogP contribution in [0.3, 0.4) is 0 Å². The quantitative estimate of drug-likeness (QED) is 0.490. The first-order valence-electron chi connectivity index (χ1n) is 8.34. The van der Waals surface area contributed by atoms with Crippen molar-refractivity contribution in [3.05, 3.63) is 60.2 Å². The molecule has 2 unspecified atom stereocenters. The third-order valence-corrected chi connectivity index (χ3v) is 5.97. The molecule has 0 saturated heterocycles. The van der Waals surface area contributed by atoms with Crippen LogP contribution in [0.15, 0.2) is 69.5 Å². The number of nitrogens with one attached hydrogen (secondary N) is 2. The minimum absolute atomic E-state index is 0.0676. The van der Waals surface area contributed by atoms with Crippen LogP contribution < -0.4 is 10.3 Å².